The van der Waals surface area contributed by atoms with Crippen LogP contribution in [-0.4, -0.2) is 18.6 Å². The maximum Gasteiger partial charge on any atom is 0.252 e. The molecule has 1 atom stereocenters. The Morgan fingerprint density at radius 1 is 1.47 bits per heavy atom. The molecule has 0 aliphatic carbocycles. The second-order valence-electron chi connectivity index (χ2n) is 3.96. The van der Waals surface area contributed by atoms with E-state index in [0.29, 0.717) is 17.7 Å². The normalized spacial score (nSPS) is 10.9. The topological polar surface area (TPSA) is 62.1 Å². The van der Waals surface area contributed by atoms with Gasteiger partial charge in [-0.3, -0.25) is 4.79 Å². The van der Waals surface area contributed by atoms with Crippen molar-refractivity contribution < 1.29 is 9.53 Å². The van der Waals surface area contributed by atoms with E-state index in [9.17, 15) is 4.79 Å². The number of carbonyl (C=O) groups is 1. The summed E-state index contributed by atoms with van der Waals surface area (Å²) in [6.45, 7) is 2.16. The number of nitriles is 1. The highest BCUT2D eigenvalue weighted by Crippen LogP contribution is 2.12. The lowest BCUT2D eigenvalue weighted by atomic mass is 10.1. The zero-order valence-corrected chi connectivity index (χ0v) is 10.8. The van der Waals surface area contributed by atoms with Crippen LogP contribution in [-0.2, 0) is 0 Å². The van der Waals surface area contributed by atoms with Gasteiger partial charge in [-0.25, -0.2) is 0 Å². The van der Waals surface area contributed by atoms with E-state index in [0.717, 1.165) is 6.42 Å². The van der Waals surface area contributed by atoms with Crippen molar-refractivity contribution in [2.45, 2.75) is 25.8 Å². The predicted octanol–water partition coefficient (Wildman–Crippen LogP) is 2.12. The molecule has 1 aromatic rings. The van der Waals surface area contributed by atoms with Crippen LogP contribution in [0, 0.1) is 23.7 Å². The van der Waals surface area contributed by atoms with E-state index in [1.807, 2.05) is 6.92 Å². The molecule has 1 aromatic carbocycles. The molecule has 0 saturated carbocycles. The average molecular weight is 256 g/mol. The van der Waals surface area contributed by atoms with Gasteiger partial charge in [0.15, 0.2) is 0 Å². The molecule has 0 aliphatic rings. The first-order valence-electron chi connectivity index (χ1n) is 6.08. The average Bonchev–Trinajstić information content (AvgIpc) is 2.45. The highest BCUT2D eigenvalue weighted by Gasteiger charge is 2.12. The minimum atomic E-state index is -0.449. The first-order valence-corrected chi connectivity index (χ1v) is 6.08. The van der Waals surface area contributed by atoms with Crippen molar-refractivity contribution in [3.63, 3.8) is 0 Å². The molecule has 0 heterocycles. The monoisotopic (exact) mass is 256 g/mol. The first-order chi connectivity index (χ1) is 9.21. The number of amides is 1. The second-order valence-corrected chi connectivity index (χ2v) is 3.96. The molecular weight excluding hydrogens is 240 g/mol. The summed E-state index contributed by atoms with van der Waals surface area (Å²) in [5, 5.41) is 11.6. The van der Waals surface area contributed by atoms with Gasteiger partial charge in [-0.15, -0.1) is 6.42 Å². The number of terminal acetylenes is 1. The summed E-state index contributed by atoms with van der Waals surface area (Å²) >= 11 is 0. The molecule has 1 N–H and O–H groups in total. The third-order valence-electron chi connectivity index (χ3n) is 2.48. The summed E-state index contributed by atoms with van der Waals surface area (Å²) < 4.78 is 5.21. The largest absolute Gasteiger partial charge is 0.481 e. The summed E-state index contributed by atoms with van der Waals surface area (Å²) in [7, 11) is 0. The van der Waals surface area contributed by atoms with Gasteiger partial charge in [0.25, 0.3) is 5.91 Å². The lowest BCUT2D eigenvalue weighted by Crippen LogP contribution is -2.33. The minimum absolute atomic E-state index is 0.193. The van der Waals surface area contributed by atoms with Crippen molar-refractivity contribution in [2.24, 2.45) is 0 Å². The van der Waals surface area contributed by atoms with Crippen LogP contribution in [0.25, 0.3) is 0 Å². The van der Waals surface area contributed by atoms with Gasteiger partial charge >= 0.3 is 0 Å². The molecule has 1 amide bonds. The molecule has 0 aromatic heterocycles. The molecule has 98 valence electrons. The number of carbonyl (C=O) groups excluding carboxylic acids is 1. The van der Waals surface area contributed by atoms with Crippen LogP contribution in [0.15, 0.2) is 24.3 Å². The van der Waals surface area contributed by atoms with Gasteiger partial charge < -0.3 is 10.1 Å². The zero-order valence-electron chi connectivity index (χ0n) is 10.8. The fraction of sp³-hybridized carbons (Fsp3) is 0.333. The Labute approximate surface area is 113 Å². The van der Waals surface area contributed by atoms with Crippen molar-refractivity contribution in [1.29, 1.82) is 5.26 Å². The van der Waals surface area contributed by atoms with Crippen LogP contribution in [0.4, 0.5) is 0 Å². The lowest BCUT2D eigenvalue weighted by molar-refractivity contribution is 0.0944. The summed E-state index contributed by atoms with van der Waals surface area (Å²) in [5.74, 6) is 2.71. The van der Waals surface area contributed by atoms with Crippen molar-refractivity contribution in [3.05, 3.63) is 29.8 Å². The van der Waals surface area contributed by atoms with E-state index in [2.05, 4.69) is 17.3 Å². The van der Waals surface area contributed by atoms with Crippen molar-refractivity contribution in [1.82, 2.24) is 5.32 Å². The molecule has 0 bridgehead atoms. The number of hydrogen-bond donors (Lipinski definition) is 1. The highest BCUT2D eigenvalue weighted by atomic mass is 16.5. The predicted molar refractivity (Wildman–Crippen MR) is 72.5 cm³/mol. The molecule has 0 saturated heterocycles. The van der Waals surface area contributed by atoms with E-state index in [1.54, 1.807) is 24.3 Å². The van der Waals surface area contributed by atoms with Crippen LogP contribution in [0.3, 0.4) is 0 Å². The van der Waals surface area contributed by atoms with E-state index < -0.39 is 6.04 Å². The highest BCUT2D eigenvalue weighted by molar-refractivity contribution is 5.94. The third kappa shape index (κ3) is 4.73. The Bertz CT molecular complexity index is 494. The van der Waals surface area contributed by atoms with Crippen molar-refractivity contribution >= 4 is 5.91 Å². The maximum absolute atomic E-state index is 11.9. The molecular formula is C15H16N2O2. The van der Waals surface area contributed by atoms with Gasteiger partial charge in [0.05, 0.1) is 6.07 Å². The van der Waals surface area contributed by atoms with Crippen LogP contribution in [0.1, 0.15) is 30.1 Å². The van der Waals surface area contributed by atoms with Crippen LogP contribution in [0.5, 0.6) is 5.75 Å². The standard InChI is InChI=1S/C15H16N2O2/c1-3-5-13(11-16)17-15(18)12-6-8-14(9-7-12)19-10-4-2/h2,6-9,13H,3,5,10H2,1H3,(H,17,18). The van der Waals surface area contributed by atoms with Crippen molar-refractivity contribution in [2.75, 3.05) is 6.61 Å². The van der Waals surface area contributed by atoms with E-state index >= 15 is 0 Å². The second kappa shape index (κ2) is 7.79. The maximum atomic E-state index is 11.9. The van der Waals surface area contributed by atoms with Crippen LogP contribution in [0.2, 0.25) is 0 Å². The number of rotatable bonds is 6. The van der Waals surface area contributed by atoms with Gasteiger partial charge in [-0.1, -0.05) is 19.3 Å². The van der Waals surface area contributed by atoms with E-state index in [1.165, 1.54) is 0 Å². The van der Waals surface area contributed by atoms with E-state index in [4.69, 9.17) is 16.4 Å². The molecule has 1 rings (SSSR count). The summed E-state index contributed by atoms with van der Waals surface area (Å²) in [5.41, 5.74) is 0.490. The number of nitrogens with zero attached hydrogens (tertiary/aromatic N) is 1. The summed E-state index contributed by atoms with van der Waals surface area (Å²) in [4.78, 5) is 11.9. The Morgan fingerprint density at radius 3 is 2.68 bits per heavy atom. The van der Waals surface area contributed by atoms with Crippen molar-refractivity contribution in [3.8, 4) is 24.2 Å². The molecule has 0 radical (unpaired) electrons. The number of benzene rings is 1. The van der Waals surface area contributed by atoms with Gasteiger partial charge in [-0.2, -0.15) is 5.26 Å². The fourth-order valence-electron chi connectivity index (χ4n) is 1.53. The number of hydrogen-bond acceptors (Lipinski definition) is 3. The smallest absolute Gasteiger partial charge is 0.252 e. The Morgan fingerprint density at radius 2 is 2.16 bits per heavy atom. The minimum Gasteiger partial charge on any atom is -0.481 e. The molecule has 19 heavy (non-hydrogen) atoms. The molecule has 0 aliphatic heterocycles. The first kappa shape index (κ1) is 14.6. The summed E-state index contributed by atoms with van der Waals surface area (Å²) in [6, 6.07) is 8.24. The van der Waals surface area contributed by atoms with Gasteiger partial charge in [0.2, 0.25) is 0 Å². The quantitative estimate of drug-likeness (QED) is 0.793. The Balaban J connectivity index is 2.63. The Hall–Kier alpha value is -2.46. The number of nitrogens with one attached hydrogen (secondary N) is 1. The molecule has 1 unspecified atom stereocenters. The molecule has 4 nitrogen and oxygen atoms in total. The van der Waals surface area contributed by atoms with Crippen LogP contribution < -0.4 is 10.1 Å². The van der Waals surface area contributed by atoms with E-state index in [-0.39, 0.29) is 12.5 Å². The third-order valence-corrected chi connectivity index (χ3v) is 2.48. The molecule has 0 spiro atoms. The van der Waals surface area contributed by atoms with Gasteiger partial charge in [0.1, 0.15) is 18.4 Å². The molecule has 0 fully saturated rings. The Kier molecular flexibility index (Phi) is 5.98. The summed E-state index contributed by atoms with van der Waals surface area (Å²) in [6.07, 6.45) is 6.57. The van der Waals surface area contributed by atoms with Crippen LogP contribution >= 0.6 is 0 Å². The SMILES string of the molecule is C#CCOc1ccc(C(=O)NC(C#N)CCC)cc1. The van der Waals surface area contributed by atoms with Gasteiger partial charge in [-0.05, 0) is 30.7 Å². The fourth-order valence-corrected chi connectivity index (χ4v) is 1.53. The lowest BCUT2D eigenvalue weighted by Gasteiger charge is -2.10. The zero-order chi connectivity index (χ0) is 14.1. The number of ether oxygens (including phenoxy) is 1. The molecule has 4 heteroatoms. The van der Waals surface area contributed by atoms with Gasteiger partial charge in [0, 0.05) is 5.56 Å².